The highest BCUT2D eigenvalue weighted by atomic mass is 32.2. The molecule has 30 heavy (non-hydrogen) atoms. The summed E-state index contributed by atoms with van der Waals surface area (Å²) in [7, 11) is 0. The number of aromatic nitrogens is 4. The summed E-state index contributed by atoms with van der Waals surface area (Å²) in [6.45, 7) is 0. The lowest BCUT2D eigenvalue weighted by Gasteiger charge is -2.09. The third-order valence-corrected chi connectivity index (χ3v) is 4.29. The Bertz CT molecular complexity index is 1010. The Labute approximate surface area is 171 Å². The molecule has 0 atom stereocenters. The van der Waals surface area contributed by atoms with Crippen molar-refractivity contribution in [3.8, 4) is 11.4 Å². The third kappa shape index (κ3) is 6.20. The number of tetrazole rings is 1. The van der Waals surface area contributed by atoms with Crippen molar-refractivity contribution in [1.29, 1.82) is 0 Å². The van der Waals surface area contributed by atoms with Gasteiger partial charge in [0.2, 0.25) is 11.1 Å². The van der Waals surface area contributed by atoms with Crippen LogP contribution >= 0.6 is 11.8 Å². The number of carbonyl (C=O) groups is 2. The zero-order valence-corrected chi connectivity index (χ0v) is 15.8. The Morgan fingerprint density at radius 3 is 2.43 bits per heavy atom. The van der Waals surface area contributed by atoms with E-state index in [2.05, 4.69) is 30.9 Å². The van der Waals surface area contributed by atoms with Gasteiger partial charge >= 0.3 is 12.4 Å². The van der Waals surface area contributed by atoms with Crippen LogP contribution in [0.25, 0.3) is 5.69 Å². The molecular weight excluding hydrogens is 425 g/mol. The van der Waals surface area contributed by atoms with Crippen molar-refractivity contribution >= 4 is 29.4 Å². The Morgan fingerprint density at radius 2 is 1.77 bits per heavy atom. The fourth-order valence-corrected chi connectivity index (χ4v) is 2.89. The third-order valence-electron chi connectivity index (χ3n) is 3.37. The first-order valence-electron chi connectivity index (χ1n) is 8.23. The van der Waals surface area contributed by atoms with Crippen LogP contribution in [0.5, 0.6) is 5.75 Å². The molecule has 3 rings (SSSR count). The zero-order valence-electron chi connectivity index (χ0n) is 15.0. The largest absolute Gasteiger partial charge is 0.573 e. The van der Waals surface area contributed by atoms with Crippen molar-refractivity contribution < 1.29 is 27.5 Å². The number of nitrogens with zero attached hydrogens (tertiary/aromatic N) is 4. The van der Waals surface area contributed by atoms with E-state index in [1.165, 1.54) is 16.8 Å². The lowest BCUT2D eigenvalue weighted by Crippen LogP contribution is -2.35. The van der Waals surface area contributed by atoms with Crippen molar-refractivity contribution in [2.45, 2.75) is 11.5 Å². The maximum atomic E-state index is 12.2. The Morgan fingerprint density at radius 1 is 1.07 bits per heavy atom. The van der Waals surface area contributed by atoms with Crippen LogP contribution in [0, 0.1) is 0 Å². The smallest absolute Gasteiger partial charge is 0.406 e. The highest BCUT2D eigenvalue weighted by molar-refractivity contribution is 7.99. The van der Waals surface area contributed by atoms with Gasteiger partial charge < -0.3 is 10.1 Å². The number of hydrogen-bond donors (Lipinski definition) is 2. The van der Waals surface area contributed by atoms with Crippen molar-refractivity contribution in [2.24, 2.45) is 0 Å². The van der Waals surface area contributed by atoms with Crippen molar-refractivity contribution in [1.82, 2.24) is 25.5 Å². The van der Waals surface area contributed by atoms with Gasteiger partial charge in [-0.15, -0.1) is 18.3 Å². The number of imide groups is 1. The SMILES string of the molecule is O=C(CSc1nnnn1-c1ccc(OC(F)(F)F)cc1)NC(=O)Nc1ccccc1. The molecule has 3 amide bonds. The van der Waals surface area contributed by atoms with Gasteiger partial charge in [-0.2, -0.15) is 4.68 Å². The topological polar surface area (TPSA) is 111 Å². The van der Waals surface area contributed by atoms with Gasteiger partial charge in [-0.05, 0) is 46.8 Å². The van der Waals surface area contributed by atoms with Crippen molar-refractivity contribution in [2.75, 3.05) is 11.1 Å². The number of ether oxygens (including phenoxy) is 1. The number of rotatable bonds is 6. The number of halogens is 3. The van der Waals surface area contributed by atoms with Crippen LogP contribution in [0.3, 0.4) is 0 Å². The average molecular weight is 438 g/mol. The molecule has 0 aliphatic carbocycles. The fourth-order valence-electron chi connectivity index (χ4n) is 2.20. The summed E-state index contributed by atoms with van der Waals surface area (Å²) in [5, 5.41) is 15.9. The molecule has 1 aromatic heterocycles. The quantitative estimate of drug-likeness (QED) is 0.569. The summed E-state index contributed by atoms with van der Waals surface area (Å²) >= 11 is 0.943. The summed E-state index contributed by atoms with van der Waals surface area (Å²) in [6.07, 6.45) is -4.79. The number of benzene rings is 2. The summed E-state index contributed by atoms with van der Waals surface area (Å²) in [5.41, 5.74) is 0.886. The standard InChI is InChI=1S/C17H13F3N6O3S/c18-17(19,20)29-13-8-6-12(7-9-13)26-16(23-24-25-26)30-10-14(27)22-15(28)21-11-4-2-1-3-5-11/h1-9H,10H2,(H2,21,22,27,28). The molecule has 0 fully saturated rings. The number of thioether (sulfide) groups is 1. The lowest BCUT2D eigenvalue weighted by atomic mass is 10.3. The normalized spacial score (nSPS) is 11.0. The number of anilines is 1. The van der Waals surface area contributed by atoms with Crippen LogP contribution in [0.4, 0.5) is 23.7 Å². The monoisotopic (exact) mass is 438 g/mol. The molecule has 13 heteroatoms. The minimum Gasteiger partial charge on any atom is -0.406 e. The molecule has 0 bridgehead atoms. The Balaban J connectivity index is 1.55. The van der Waals surface area contributed by atoms with Crippen LogP contribution in [0.1, 0.15) is 0 Å². The van der Waals surface area contributed by atoms with Gasteiger partial charge in [0.05, 0.1) is 11.4 Å². The highest BCUT2D eigenvalue weighted by Gasteiger charge is 2.31. The summed E-state index contributed by atoms with van der Waals surface area (Å²) in [6, 6.07) is 12.8. The van der Waals surface area contributed by atoms with Gasteiger partial charge in [0.1, 0.15) is 5.75 Å². The van der Waals surface area contributed by atoms with Gasteiger partial charge in [-0.1, -0.05) is 30.0 Å². The summed E-state index contributed by atoms with van der Waals surface area (Å²) in [4.78, 5) is 23.8. The zero-order chi connectivity index (χ0) is 21.6. The molecule has 156 valence electrons. The van der Waals surface area contributed by atoms with E-state index in [0.29, 0.717) is 11.4 Å². The fraction of sp³-hybridized carbons (Fsp3) is 0.118. The number of para-hydroxylation sites is 1. The molecule has 0 saturated heterocycles. The molecule has 0 spiro atoms. The molecule has 9 nitrogen and oxygen atoms in total. The number of nitrogens with one attached hydrogen (secondary N) is 2. The van der Waals surface area contributed by atoms with Crippen LogP contribution in [0.2, 0.25) is 0 Å². The molecule has 0 aliphatic heterocycles. The maximum absolute atomic E-state index is 12.2. The maximum Gasteiger partial charge on any atom is 0.573 e. The number of alkyl halides is 3. The number of urea groups is 1. The predicted molar refractivity (Wildman–Crippen MR) is 100 cm³/mol. The van der Waals surface area contributed by atoms with Gasteiger partial charge in [-0.3, -0.25) is 10.1 Å². The van der Waals surface area contributed by atoms with E-state index in [4.69, 9.17) is 0 Å². The van der Waals surface area contributed by atoms with E-state index in [1.807, 2.05) is 0 Å². The minimum atomic E-state index is -4.79. The van der Waals surface area contributed by atoms with E-state index < -0.39 is 24.1 Å². The molecule has 0 unspecified atom stereocenters. The molecule has 0 aliphatic rings. The van der Waals surface area contributed by atoms with Gasteiger partial charge in [0.25, 0.3) is 0 Å². The molecule has 1 heterocycles. The summed E-state index contributed by atoms with van der Waals surface area (Å²) in [5.74, 6) is -1.15. The molecule has 0 radical (unpaired) electrons. The van der Waals surface area contributed by atoms with E-state index in [1.54, 1.807) is 30.3 Å². The molecular formula is C17H13F3N6O3S. The van der Waals surface area contributed by atoms with Crippen LogP contribution in [0.15, 0.2) is 59.8 Å². The minimum absolute atomic E-state index is 0.169. The van der Waals surface area contributed by atoms with Crippen molar-refractivity contribution in [3.05, 3.63) is 54.6 Å². The Kier molecular flexibility index (Phi) is 6.51. The first-order chi connectivity index (χ1) is 14.3. The van der Waals surface area contributed by atoms with E-state index in [9.17, 15) is 22.8 Å². The molecule has 0 saturated carbocycles. The van der Waals surface area contributed by atoms with Gasteiger partial charge in [0, 0.05) is 5.69 Å². The van der Waals surface area contributed by atoms with E-state index >= 15 is 0 Å². The second-order valence-electron chi connectivity index (χ2n) is 5.57. The van der Waals surface area contributed by atoms with E-state index in [-0.39, 0.29) is 10.9 Å². The number of hydrogen-bond acceptors (Lipinski definition) is 7. The average Bonchev–Trinajstić information content (AvgIpc) is 3.15. The van der Waals surface area contributed by atoms with Crippen LogP contribution in [-0.4, -0.2) is 44.3 Å². The lowest BCUT2D eigenvalue weighted by molar-refractivity contribution is -0.274. The number of carbonyl (C=O) groups excluding carboxylic acids is 2. The first kappa shape index (κ1) is 21.1. The predicted octanol–water partition coefficient (Wildman–Crippen LogP) is 3.00. The molecule has 3 aromatic rings. The van der Waals surface area contributed by atoms with Crippen molar-refractivity contribution in [3.63, 3.8) is 0 Å². The van der Waals surface area contributed by atoms with Crippen LogP contribution < -0.4 is 15.4 Å². The second-order valence-corrected chi connectivity index (χ2v) is 6.51. The Hall–Kier alpha value is -3.61. The summed E-state index contributed by atoms with van der Waals surface area (Å²) < 4.78 is 41.8. The number of amides is 3. The molecule has 2 N–H and O–H groups in total. The van der Waals surface area contributed by atoms with E-state index in [0.717, 1.165) is 23.9 Å². The molecule has 2 aromatic carbocycles. The highest BCUT2D eigenvalue weighted by Crippen LogP contribution is 2.24. The van der Waals surface area contributed by atoms with Gasteiger partial charge in [0.15, 0.2) is 0 Å². The second kappa shape index (κ2) is 9.26. The first-order valence-corrected chi connectivity index (χ1v) is 9.22. The van der Waals surface area contributed by atoms with Gasteiger partial charge in [-0.25, -0.2) is 4.79 Å². The van der Waals surface area contributed by atoms with Crippen LogP contribution in [-0.2, 0) is 4.79 Å².